The summed E-state index contributed by atoms with van der Waals surface area (Å²) in [6.07, 6.45) is -0.0544. The minimum atomic E-state index is -1.12. The molecule has 0 unspecified atom stereocenters. The first kappa shape index (κ1) is 8.45. The van der Waals surface area contributed by atoms with Crippen molar-refractivity contribution in [2.45, 2.75) is 0 Å². The van der Waals surface area contributed by atoms with Crippen LogP contribution in [0.2, 0.25) is 0 Å². The lowest BCUT2D eigenvalue weighted by atomic mass is 10.2. The fourth-order valence-corrected chi connectivity index (χ4v) is 0.652. The van der Waals surface area contributed by atoms with Gasteiger partial charge in [0, 0.05) is 12.1 Å². The van der Waals surface area contributed by atoms with Gasteiger partial charge in [0.15, 0.2) is 6.29 Å². The molecular weight excluding hydrogens is 168 g/mol. The lowest BCUT2D eigenvalue weighted by Crippen LogP contribution is -2.05. The number of hydrogen-bond acceptors (Lipinski definition) is 3. The van der Waals surface area contributed by atoms with Gasteiger partial charge in [0.05, 0.1) is 0 Å². The predicted molar refractivity (Wildman–Crippen MR) is 34.5 cm³/mol. The molecule has 0 aliphatic rings. The van der Waals surface area contributed by atoms with Crippen LogP contribution in [0.15, 0.2) is 12.1 Å². The largest absolute Gasteiger partial charge is 0.294 e. The molecule has 12 heavy (non-hydrogen) atoms. The standard InChI is InChI=1S/C7H3F2NO2/c8-4-1-5(6(12)3-11)10-7(9)2-4/h1-3H. The third kappa shape index (κ3) is 1.69. The average Bonchev–Trinajstić information content (AvgIpc) is 2.01. The Labute approximate surface area is 66.0 Å². The lowest BCUT2D eigenvalue weighted by Gasteiger charge is -1.93. The minimum Gasteiger partial charge on any atom is -0.294 e. The lowest BCUT2D eigenvalue weighted by molar-refractivity contribution is -0.104. The normalized spacial score (nSPS) is 9.50. The van der Waals surface area contributed by atoms with E-state index in [2.05, 4.69) is 4.98 Å². The Hall–Kier alpha value is -1.65. The molecule has 0 radical (unpaired) electrons. The molecule has 3 nitrogen and oxygen atoms in total. The van der Waals surface area contributed by atoms with E-state index in [1.165, 1.54) is 0 Å². The van der Waals surface area contributed by atoms with Crippen molar-refractivity contribution >= 4 is 12.1 Å². The van der Waals surface area contributed by atoms with Gasteiger partial charge in [-0.05, 0) is 0 Å². The first-order valence-electron chi connectivity index (χ1n) is 2.96. The molecule has 0 bridgehead atoms. The second kappa shape index (κ2) is 3.17. The second-order valence-electron chi connectivity index (χ2n) is 1.98. The Balaban J connectivity index is 3.17. The molecule has 62 valence electrons. The van der Waals surface area contributed by atoms with Crippen molar-refractivity contribution in [3.05, 3.63) is 29.6 Å². The first-order chi connectivity index (χ1) is 5.63. The van der Waals surface area contributed by atoms with Gasteiger partial charge in [0.2, 0.25) is 11.7 Å². The molecular formula is C7H3F2NO2. The van der Waals surface area contributed by atoms with Gasteiger partial charge in [-0.1, -0.05) is 0 Å². The summed E-state index contributed by atoms with van der Waals surface area (Å²) in [6, 6.07) is 1.21. The first-order valence-corrected chi connectivity index (χ1v) is 2.96. The SMILES string of the molecule is O=CC(=O)c1cc(F)cc(F)n1. The quantitative estimate of drug-likeness (QED) is 0.285. The third-order valence-electron chi connectivity index (χ3n) is 1.12. The van der Waals surface area contributed by atoms with Crippen LogP contribution in [-0.4, -0.2) is 17.1 Å². The maximum Gasteiger partial charge on any atom is 0.243 e. The monoisotopic (exact) mass is 171 g/mol. The number of carbonyl (C=O) groups excluding carboxylic acids is 2. The van der Waals surface area contributed by atoms with E-state index in [1.54, 1.807) is 0 Å². The number of Topliss-reactive ketones (excluding diaryl/α,β-unsaturated/α-hetero) is 1. The maximum absolute atomic E-state index is 12.4. The second-order valence-corrected chi connectivity index (χ2v) is 1.98. The molecule has 0 saturated carbocycles. The van der Waals surface area contributed by atoms with Gasteiger partial charge >= 0.3 is 0 Å². The van der Waals surface area contributed by atoms with E-state index < -0.39 is 23.2 Å². The van der Waals surface area contributed by atoms with Gasteiger partial charge in [-0.2, -0.15) is 4.39 Å². The summed E-state index contributed by atoms with van der Waals surface area (Å²) >= 11 is 0. The zero-order valence-corrected chi connectivity index (χ0v) is 5.75. The van der Waals surface area contributed by atoms with Crippen molar-refractivity contribution in [2.75, 3.05) is 0 Å². The molecule has 0 aliphatic heterocycles. The number of ketones is 1. The highest BCUT2D eigenvalue weighted by Crippen LogP contribution is 2.02. The molecule has 1 aromatic rings. The van der Waals surface area contributed by atoms with Gasteiger partial charge in [-0.25, -0.2) is 9.37 Å². The van der Waals surface area contributed by atoms with Gasteiger partial charge in [-0.15, -0.1) is 0 Å². The Morgan fingerprint density at radius 3 is 2.58 bits per heavy atom. The van der Waals surface area contributed by atoms with Crippen LogP contribution in [0.1, 0.15) is 10.5 Å². The van der Waals surface area contributed by atoms with E-state index in [9.17, 15) is 18.4 Å². The molecule has 1 rings (SSSR count). The summed E-state index contributed by atoms with van der Waals surface area (Å²) in [7, 11) is 0. The molecule has 0 amide bonds. The average molecular weight is 171 g/mol. The van der Waals surface area contributed by atoms with Crippen LogP contribution < -0.4 is 0 Å². The highest BCUT2D eigenvalue weighted by atomic mass is 19.1. The van der Waals surface area contributed by atoms with Crippen molar-refractivity contribution < 1.29 is 18.4 Å². The van der Waals surface area contributed by atoms with Crippen LogP contribution in [0.5, 0.6) is 0 Å². The number of halogens is 2. The molecule has 0 saturated heterocycles. The van der Waals surface area contributed by atoms with Gasteiger partial charge in [-0.3, -0.25) is 9.59 Å². The Bertz CT molecular complexity index is 318. The number of carbonyl (C=O) groups is 2. The van der Waals surface area contributed by atoms with Crippen molar-refractivity contribution in [1.82, 2.24) is 4.98 Å². The topological polar surface area (TPSA) is 47.0 Å². The highest BCUT2D eigenvalue weighted by molar-refractivity contribution is 6.32. The van der Waals surface area contributed by atoms with Gasteiger partial charge < -0.3 is 0 Å². The molecule has 5 heteroatoms. The summed E-state index contributed by atoms with van der Waals surface area (Å²) in [4.78, 5) is 23.5. The summed E-state index contributed by atoms with van der Waals surface area (Å²) < 4.78 is 24.7. The zero-order valence-electron chi connectivity index (χ0n) is 5.75. The van der Waals surface area contributed by atoms with Crippen LogP contribution in [0, 0.1) is 11.8 Å². The van der Waals surface area contributed by atoms with Crippen molar-refractivity contribution in [1.29, 1.82) is 0 Å². The Morgan fingerprint density at radius 1 is 1.42 bits per heavy atom. The number of rotatable bonds is 2. The zero-order chi connectivity index (χ0) is 9.14. The van der Waals surface area contributed by atoms with E-state index in [4.69, 9.17) is 0 Å². The molecule has 0 aromatic carbocycles. The fraction of sp³-hybridized carbons (Fsp3) is 0. The summed E-state index contributed by atoms with van der Waals surface area (Å²) in [5.41, 5.74) is -0.525. The summed E-state index contributed by atoms with van der Waals surface area (Å²) in [5.74, 6) is -3.11. The van der Waals surface area contributed by atoms with E-state index in [-0.39, 0.29) is 6.29 Å². The third-order valence-corrected chi connectivity index (χ3v) is 1.12. The van der Waals surface area contributed by atoms with E-state index in [1.807, 2.05) is 0 Å². The smallest absolute Gasteiger partial charge is 0.243 e. The van der Waals surface area contributed by atoms with Crippen LogP contribution in [0.3, 0.4) is 0 Å². The Morgan fingerprint density at radius 2 is 2.08 bits per heavy atom. The number of aldehydes is 1. The summed E-state index contributed by atoms with van der Waals surface area (Å²) in [6.45, 7) is 0. The summed E-state index contributed by atoms with van der Waals surface area (Å²) in [5, 5.41) is 0. The van der Waals surface area contributed by atoms with Crippen LogP contribution in [0.25, 0.3) is 0 Å². The van der Waals surface area contributed by atoms with Gasteiger partial charge in [0.1, 0.15) is 11.5 Å². The van der Waals surface area contributed by atoms with Gasteiger partial charge in [0.25, 0.3) is 0 Å². The van der Waals surface area contributed by atoms with Crippen molar-refractivity contribution in [3.63, 3.8) is 0 Å². The maximum atomic E-state index is 12.4. The van der Waals surface area contributed by atoms with E-state index >= 15 is 0 Å². The molecule has 0 N–H and O–H groups in total. The fourth-order valence-electron chi connectivity index (χ4n) is 0.652. The van der Waals surface area contributed by atoms with E-state index in [0.717, 1.165) is 0 Å². The minimum absolute atomic E-state index is 0.0544. The van der Waals surface area contributed by atoms with Crippen LogP contribution >= 0.6 is 0 Å². The number of pyridine rings is 1. The number of aromatic nitrogens is 1. The highest BCUT2D eigenvalue weighted by Gasteiger charge is 2.08. The molecule has 0 fully saturated rings. The molecule has 0 spiro atoms. The van der Waals surface area contributed by atoms with Crippen LogP contribution in [-0.2, 0) is 4.79 Å². The Kier molecular flexibility index (Phi) is 2.23. The molecule has 1 heterocycles. The number of hydrogen-bond donors (Lipinski definition) is 0. The van der Waals surface area contributed by atoms with Crippen molar-refractivity contribution in [3.8, 4) is 0 Å². The van der Waals surface area contributed by atoms with Crippen LogP contribution in [0.4, 0.5) is 8.78 Å². The predicted octanol–water partition coefficient (Wildman–Crippen LogP) is 0.741. The molecule has 0 atom stereocenters. The number of nitrogens with zero attached hydrogens (tertiary/aromatic N) is 1. The van der Waals surface area contributed by atoms with Crippen molar-refractivity contribution in [2.24, 2.45) is 0 Å². The molecule has 0 aliphatic carbocycles. The molecule has 1 aromatic heterocycles. The van der Waals surface area contributed by atoms with E-state index in [0.29, 0.717) is 12.1 Å².